The largest absolute Gasteiger partial charge is 0.301 e. The first kappa shape index (κ1) is 14.7. The van der Waals surface area contributed by atoms with Crippen molar-refractivity contribution in [3.8, 4) is 0 Å². The third kappa shape index (κ3) is 3.92. The van der Waals surface area contributed by atoms with E-state index in [2.05, 4.69) is 29.7 Å². The molecule has 1 aliphatic heterocycles. The highest BCUT2D eigenvalue weighted by Gasteiger charge is 2.26. The van der Waals surface area contributed by atoms with Crippen molar-refractivity contribution in [1.82, 2.24) is 9.80 Å². The topological polar surface area (TPSA) is 23.6 Å². The van der Waals surface area contributed by atoms with Crippen molar-refractivity contribution in [3.05, 3.63) is 34.9 Å². The second kappa shape index (κ2) is 6.29. The lowest BCUT2D eigenvalue weighted by Crippen LogP contribution is -2.48. The Bertz CT molecular complexity index is 514. The van der Waals surface area contributed by atoms with Gasteiger partial charge in [0.2, 0.25) is 0 Å². The minimum absolute atomic E-state index is 0.258. The molecule has 1 saturated heterocycles. The zero-order valence-corrected chi connectivity index (χ0v) is 13.3. The van der Waals surface area contributed by atoms with E-state index in [1.807, 2.05) is 12.1 Å². The summed E-state index contributed by atoms with van der Waals surface area (Å²) in [7, 11) is 0. The van der Waals surface area contributed by atoms with E-state index in [0.29, 0.717) is 6.54 Å². The third-order valence-corrected chi connectivity index (χ3v) is 4.87. The minimum atomic E-state index is 0.258. The molecule has 0 aromatic heterocycles. The lowest BCUT2D eigenvalue weighted by molar-refractivity contribution is 0.0847. The standard InChI is InChI=1S/C18H26N2O/c1-14-3-6-17(11-15(14)2)18(21)13-20-9-7-19(8-10-20)12-16-4-5-16/h3,6,11,16H,4-5,7-10,12-13H2,1-2H3. The molecule has 21 heavy (non-hydrogen) atoms. The van der Waals surface area contributed by atoms with Crippen molar-refractivity contribution < 1.29 is 4.79 Å². The number of hydrogen-bond donors (Lipinski definition) is 0. The molecule has 0 N–H and O–H groups in total. The van der Waals surface area contributed by atoms with Crippen LogP contribution in [-0.4, -0.2) is 54.9 Å². The summed E-state index contributed by atoms with van der Waals surface area (Å²) in [6.07, 6.45) is 2.84. The van der Waals surface area contributed by atoms with Gasteiger partial charge in [-0.3, -0.25) is 9.69 Å². The molecule has 0 radical (unpaired) electrons. The molecule has 0 bridgehead atoms. The van der Waals surface area contributed by atoms with Crippen LogP contribution in [0.2, 0.25) is 0 Å². The summed E-state index contributed by atoms with van der Waals surface area (Å²) in [5, 5.41) is 0. The average Bonchev–Trinajstić information content (AvgIpc) is 3.28. The van der Waals surface area contributed by atoms with Crippen molar-refractivity contribution in [2.24, 2.45) is 5.92 Å². The van der Waals surface area contributed by atoms with Crippen LogP contribution in [0.25, 0.3) is 0 Å². The van der Waals surface area contributed by atoms with Gasteiger partial charge in [-0.25, -0.2) is 0 Å². The summed E-state index contributed by atoms with van der Waals surface area (Å²) in [5.74, 6) is 1.22. The molecule has 3 heteroatoms. The van der Waals surface area contributed by atoms with E-state index in [1.165, 1.54) is 30.5 Å². The van der Waals surface area contributed by atoms with E-state index in [0.717, 1.165) is 37.7 Å². The Labute approximate surface area is 127 Å². The van der Waals surface area contributed by atoms with Crippen LogP contribution in [0, 0.1) is 19.8 Å². The van der Waals surface area contributed by atoms with Gasteiger partial charge < -0.3 is 4.90 Å². The zero-order chi connectivity index (χ0) is 14.8. The molecule has 1 heterocycles. The molecule has 2 aliphatic rings. The maximum absolute atomic E-state index is 12.4. The van der Waals surface area contributed by atoms with E-state index < -0.39 is 0 Å². The first-order valence-corrected chi connectivity index (χ1v) is 8.17. The number of rotatable bonds is 5. The summed E-state index contributed by atoms with van der Waals surface area (Å²) >= 11 is 0. The van der Waals surface area contributed by atoms with Crippen LogP contribution in [0.3, 0.4) is 0 Å². The SMILES string of the molecule is Cc1ccc(C(=O)CN2CCN(CC3CC3)CC2)cc1C. The third-order valence-electron chi connectivity index (χ3n) is 4.87. The molecule has 0 amide bonds. The molecule has 114 valence electrons. The quantitative estimate of drug-likeness (QED) is 0.777. The number of benzene rings is 1. The van der Waals surface area contributed by atoms with Gasteiger partial charge in [0.25, 0.3) is 0 Å². The van der Waals surface area contributed by atoms with E-state index in [4.69, 9.17) is 0 Å². The predicted octanol–water partition coefficient (Wildman–Crippen LogP) is 2.51. The van der Waals surface area contributed by atoms with Gasteiger partial charge in [0.15, 0.2) is 5.78 Å². The van der Waals surface area contributed by atoms with Crippen molar-refractivity contribution in [3.63, 3.8) is 0 Å². The molecule has 0 atom stereocenters. The first-order valence-electron chi connectivity index (χ1n) is 8.17. The molecule has 3 nitrogen and oxygen atoms in total. The van der Waals surface area contributed by atoms with Crippen molar-refractivity contribution in [2.75, 3.05) is 39.3 Å². The number of carbonyl (C=O) groups excluding carboxylic acids is 1. The zero-order valence-electron chi connectivity index (χ0n) is 13.3. The molecular weight excluding hydrogens is 260 g/mol. The van der Waals surface area contributed by atoms with Crippen LogP contribution in [0.1, 0.15) is 34.3 Å². The highest BCUT2D eigenvalue weighted by atomic mass is 16.1. The molecule has 0 unspecified atom stereocenters. The maximum atomic E-state index is 12.4. The summed E-state index contributed by atoms with van der Waals surface area (Å²) in [6, 6.07) is 6.05. The van der Waals surface area contributed by atoms with Gasteiger partial charge in [-0.2, -0.15) is 0 Å². The Balaban J connectivity index is 1.49. The Morgan fingerprint density at radius 2 is 1.71 bits per heavy atom. The summed E-state index contributed by atoms with van der Waals surface area (Å²) in [5.41, 5.74) is 3.31. The normalized spacial score (nSPS) is 20.7. The molecule has 1 aromatic carbocycles. The molecule has 1 aromatic rings. The van der Waals surface area contributed by atoms with Crippen LogP contribution in [0.15, 0.2) is 18.2 Å². The van der Waals surface area contributed by atoms with Gasteiger partial charge in [0.05, 0.1) is 6.54 Å². The number of hydrogen-bond acceptors (Lipinski definition) is 3. The number of nitrogens with zero attached hydrogens (tertiary/aromatic N) is 2. The minimum Gasteiger partial charge on any atom is -0.301 e. The van der Waals surface area contributed by atoms with Gasteiger partial charge in [-0.05, 0) is 49.8 Å². The van der Waals surface area contributed by atoms with Crippen LogP contribution >= 0.6 is 0 Å². The summed E-state index contributed by atoms with van der Waals surface area (Å²) in [6.45, 7) is 10.3. The fourth-order valence-corrected chi connectivity index (χ4v) is 3.00. The fourth-order valence-electron chi connectivity index (χ4n) is 3.00. The Morgan fingerprint density at radius 1 is 1.05 bits per heavy atom. The van der Waals surface area contributed by atoms with Crippen molar-refractivity contribution in [2.45, 2.75) is 26.7 Å². The Kier molecular flexibility index (Phi) is 4.41. The second-order valence-corrected chi connectivity index (χ2v) is 6.74. The molecule has 1 aliphatic carbocycles. The first-order chi connectivity index (χ1) is 10.1. The number of carbonyl (C=O) groups is 1. The van der Waals surface area contributed by atoms with E-state index in [9.17, 15) is 4.79 Å². The molecule has 1 saturated carbocycles. The molecule has 2 fully saturated rings. The van der Waals surface area contributed by atoms with Gasteiger partial charge in [0.1, 0.15) is 0 Å². The number of aryl methyl sites for hydroxylation is 2. The number of Topliss-reactive ketones (excluding diaryl/α,β-unsaturated/α-hetero) is 1. The van der Waals surface area contributed by atoms with Gasteiger partial charge in [-0.15, -0.1) is 0 Å². The van der Waals surface area contributed by atoms with Gasteiger partial charge in [0, 0.05) is 38.3 Å². The molecule has 3 rings (SSSR count). The summed E-state index contributed by atoms with van der Waals surface area (Å²) < 4.78 is 0. The lowest BCUT2D eigenvalue weighted by atomic mass is 10.0. The van der Waals surface area contributed by atoms with E-state index in [1.54, 1.807) is 0 Å². The number of piperazine rings is 1. The van der Waals surface area contributed by atoms with Crippen LogP contribution < -0.4 is 0 Å². The predicted molar refractivity (Wildman–Crippen MR) is 85.9 cm³/mol. The Hall–Kier alpha value is -1.19. The molecule has 0 spiro atoms. The fraction of sp³-hybridized carbons (Fsp3) is 0.611. The Morgan fingerprint density at radius 3 is 2.33 bits per heavy atom. The molecular formula is C18H26N2O. The maximum Gasteiger partial charge on any atom is 0.176 e. The van der Waals surface area contributed by atoms with Crippen LogP contribution in [0.4, 0.5) is 0 Å². The number of ketones is 1. The highest BCUT2D eigenvalue weighted by Crippen LogP contribution is 2.29. The monoisotopic (exact) mass is 286 g/mol. The second-order valence-electron chi connectivity index (χ2n) is 6.74. The smallest absolute Gasteiger partial charge is 0.176 e. The van der Waals surface area contributed by atoms with Crippen LogP contribution in [-0.2, 0) is 0 Å². The van der Waals surface area contributed by atoms with Gasteiger partial charge in [-0.1, -0.05) is 12.1 Å². The summed E-state index contributed by atoms with van der Waals surface area (Å²) in [4.78, 5) is 17.3. The van der Waals surface area contributed by atoms with E-state index in [-0.39, 0.29) is 5.78 Å². The lowest BCUT2D eigenvalue weighted by Gasteiger charge is -2.34. The van der Waals surface area contributed by atoms with E-state index >= 15 is 0 Å². The van der Waals surface area contributed by atoms with Crippen molar-refractivity contribution >= 4 is 5.78 Å². The van der Waals surface area contributed by atoms with Crippen molar-refractivity contribution in [1.29, 1.82) is 0 Å². The average molecular weight is 286 g/mol. The van der Waals surface area contributed by atoms with Gasteiger partial charge >= 0.3 is 0 Å². The van der Waals surface area contributed by atoms with Crippen LogP contribution in [0.5, 0.6) is 0 Å². The highest BCUT2D eigenvalue weighted by molar-refractivity contribution is 5.97.